The summed E-state index contributed by atoms with van der Waals surface area (Å²) in [7, 11) is 0. The van der Waals surface area contributed by atoms with Crippen LogP contribution in [0.2, 0.25) is 0 Å². The Balaban J connectivity index is 2.16. The predicted molar refractivity (Wildman–Crippen MR) is 64.6 cm³/mol. The van der Waals surface area contributed by atoms with Crippen molar-refractivity contribution in [3.8, 4) is 0 Å². The van der Waals surface area contributed by atoms with Crippen LogP contribution < -0.4 is 5.73 Å². The minimum absolute atomic E-state index is 0.308. The van der Waals surface area contributed by atoms with Crippen LogP contribution in [0.4, 0.5) is 4.39 Å². The summed E-state index contributed by atoms with van der Waals surface area (Å²) in [4.78, 5) is 14.2. The highest BCUT2D eigenvalue weighted by Gasteiger charge is 2.31. The second-order valence-electron chi connectivity index (χ2n) is 4.79. The number of carbonyl (C=O) groups is 1. The molecule has 0 saturated heterocycles. The third-order valence-electron chi connectivity index (χ3n) is 3.59. The largest absolute Gasteiger partial charge is 0.481 e. The SMILES string of the molecule is NC1CC(C(=O)O)Cc2[nH]c3ccc(F)cc3c21. The zero-order valence-corrected chi connectivity index (χ0v) is 9.61. The van der Waals surface area contributed by atoms with E-state index >= 15 is 0 Å². The van der Waals surface area contributed by atoms with E-state index in [1.807, 2.05) is 0 Å². The lowest BCUT2D eigenvalue weighted by molar-refractivity contribution is -0.142. The third kappa shape index (κ3) is 1.59. The quantitative estimate of drug-likeness (QED) is 0.721. The van der Waals surface area contributed by atoms with E-state index in [1.165, 1.54) is 12.1 Å². The molecular formula is C13H13FN2O2. The maximum Gasteiger partial charge on any atom is 0.306 e. The molecule has 0 spiro atoms. The zero-order valence-electron chi connectivity index (χ0n) is 9.61. The first kappa shape index (κ1) is 11.2. The number of fused-ring (bicyclic) bond motifs is 3. The number of hydrogen-bond acceptors (Lipinski definition) is 2. The van der Waals surface area contributed by atoms with Gasteiger partial charge in [-0.25, -0.2) is 4.39 Å². The molecule has 4 nitrogen and oxygen atoms in total. The Labute approximate surface area is 103 Å². The summed E-state index contributed by atoms with van der Waals surface area (Å²) in [5.41, 5.74) is 8.52. The molecule has 18 heavy (non-hydrogen) atoms. The molecule has 2 atom stereocenters. The first-order valence-electron chi connectivity index (χ1n) is 5.84. The van der Waals surface area contributed by atoms with E-state index in [0.717, 1.165) is 22.2 Å². The Morgan fingerprint density at radius 1 is 1.50 bits per heavy atom. The number of carboxylic acids is 1. The highest BCUT2D eigenvalue weighted by Crippen LogP contribution is 2.37. The molecule has 0 fully saturated rings. The number of hydrogen-bond donors (Lipinski definition) is 3. The highest BCUT2D eigenvalue weighted by molar-refractivity contribution is 5.86. The Kier molecular flexibility index (Phi) is 2.38. The minimum Gasteiger partial charge on any atom is -0.481 e. The summed E-state index contributed by atoms with van der Waals surface area (Å²) < 4.78 is 13.3. The van der Waals surface area contributed by atoms with Crippen LogP contribution >= 0.6 is 0 Å². The highest BCUT2D eigenvalue weighted by atomic mass is 19.1. The van der Waals surface area contributed by atoms with Crippen LogP contribution in [0, 0.1) is 11.7 Å². The molecule has 0 radical (unpaired) electrons. The number of halogens is 1. The standard InChI is InChI=1S/C13H13FN2O2/c14-7-1-2-10-8(5-7)12-9(15)3-6(13(17)18)4-11(12)16-10/h1-2,5-6,9,16H,3-4,15H2,(H,17,18). The Morgan fingerprint density at radius 3 is 3.00 bits per heavy atom. The third-order valence-corrected chi connectivity index (χ3v) is 3.59. The number of benzene rings is 1. The number of rotatable bonds is 1. The average molecular weight is 248 g/mol. The van der Waals surface area contributed by atoms with Crippen molar-refractivity contribution >= 4 is 16.9 Å². The first-order valence-corrected chi connectivity index (χ1v) is 5.84. The summed E-state index contributed by atoms with van der Waals surface area (Å²) in [5, 5.41) is 9.84. The number of H-pyrrole nitrogens is 1. The maximum atomic E-state index is 13.3. The van der Waals surface area contributed by atoms with Crippen LogP contribution in [0.1, 0.15) is 23.7 Å². The average Bonchev–Trinajstić information content (AvgIpc) is 2.66. The van der Waals surface area contributed by atoms with Crippen LogP contribution in [-0.4, -0.2) is 16.1 Å². The topological polar surface area (TPSA) is 79.1 Å². The van der Waals surface area contributed by atoms with Crippen molar-refractivity contribution in [3.63, 3.8) is 0 Å². The fourth-order valence-corrected chi connectivity index (χ4v) is 2.77. The van der Waals surface area contributed by atoms with Crippen molar-refractivity contribution in [1.82, 2.24) is 4.98 Å². The Hall–Kier alpha value is -1.88. The van der Waals surface area contributed by atoms with Gasteiger partial charge < -0.3 is 15.8 Å². The van der Waals surface area contributed by atoms with E-state index in [4.69, 9.17) is 10.8 Å². The van der Waals surface area contributed by atoms with E-state index in [9.17, 15) is 9.18 Å². The molecule has 1 aromatic heterocycles. The van der Waals surface area contributed by atoms with Crippen molar-refractivity contribution in [3.05, 3.63) is 35.3 Å². The fourth-order valence-electron chi connectivity index (χ4n) is 2.77. The van der Waals surface area contributed by atoms with E-state index in [2.05, 4.69) is 4.98 Å². The molecule has 4 N–H and O–H groups in total. The zero-order chi connectivity index (χ0) is 12.9. The lowest BCUT2D eigenvalue weighted by atomic mass is 9.84. The molecule has 94 valence electrons. The van der Waals surface area contributed by atoms with Crippen molar-refractivity contribution in [1.29, 1.82) is 0 Å². The lowest BCUT2D eigenvalue weighted by Gasteiger charge is -2.24. The second kappa shape index (κ2) is 3.81. The summed E-state index contributed by atoms with van der Waals surface area (Å²) in [5.74, 6) is -1.61. The molecule has 1 heterocycles. The van der Waals surface area contributed by atoms with Crippen molar-refractivity contribution in [2.75, 3.05) is 0 Å². The number of aromatic nitrogens is 1. The molecule has 5 heteroatoms. The van der Waals surface area contributed by atoms with Gasteiger partial charge in [0, 0.05) is 29.1 Å². The molecule has 3 rings (SSSR count). The van der Waals surface area contributed by atoms with Crippen molar-refractivity contribution in [2.45, 2.75) is 18.9 Å². The van der Waals surface area contributed by atoms with Crippen molar-refractivity contribution in [2.24, 2.45) is 11.7 Å². The number of aliphatic carboxylic acids is 1. The maximum absolute atomic E-state index is 13.3. The van der Waals surface area contributed by atoms with Gasteiger partial charge in [0.25, 0.3) is 0 Å². The van der Waals surface area contributed by atoms with E-state index in [-0.39, 0.29) is 11.9 Å². The van der Waals surface area contributed by atoms with Crippen LogP contribution in [0.15, 0.2) is 18.2 Å². The van der Waals surface area contributed by atoms with Gasteiger partial charge in [0.15, 0.2) is 0 Å². The monoisotopic (exact) mass is 248 g/mol. The molecule has 2 unspecified atom stereocenters. The number of nitrogens with one attached hydrogen (secondary N) is 1. The van der Waals surface area contributed by atoms with Gasteiger partial charge >= 0.3 is 5.97 Å². The van der Waals surface area contributed by atoms with Gasteiger partial charge in [0.1, 0.15) is 5.82 Å². The molecule has 0 saturated carbocycles. The molecular weight excluding hydrogens is 235 g/mol. The summed E-state index contributed by atoms with van der Waals surface area (Å²) in [6.45, 7) is 0. The van der Waals surface area contributed by atoms with E-state index in [1.54, 1.807) is 6.07 Å². The van der Waals surface area contributed by atoms with Gasteiger partial charge in [0.05, 0.1) is 5.92 Å². The Bertz CT molecular complexity index is 635. The normalized spacial score (nSPS) is 23.0. The van der Waals surface area contributed by atoms with Gasteiger partial charge in [-0.3, -0.25) is 4.79 Å². The van der Waals surface area contributed by atoms with Crippen LogP contribution in [0.3, 0.4) is 0 Å². The summed E-state index contributed by atoms with van der Waals surface area (Å²) >= 11 is 0. The van der Waals surface area contributed by atoms with Gasteiger partial charge in [0.2, 0.25) is 0 Å². The first-order chi connectivity index (χ1) is 8.56. The summed E-state index contributed by atoms with van der Waals surface area (Å²) in [6.07, 6.45) is 0.820. The predicted octanol–water partition coefficient (Wildman–Crippen LogP) is 1.95. The van der Waals surface area contributed by atoms with Gasteiger partial charge in [-0.05, 0) is 30.2 Å². The molecule has 1 aliphatic carbocycles. The smallest absolute Gasteiger partial charge is 0.306 e. The fraction of sp³-hybridized carbons (Fsp3) is 0.308. The minimum atomic E-state index is -0.832. The number of nitrogens with two attached hydrogens (primary N) is 1. The van der Waals surface area contributed by atoms with Crippen molar-refractivity contribution < 1.29 is 14.3 Å². The van der Waals surface area contributed by atoms with Gasteiger partial charge in [-0.15, -0.1) is 0 Å². The molecule has 0 amide bonds. The molecule has 0 bridgehead atoms. The van der Waals surface area contributed by atoms with E-state index in [0.29, 0.717) is 12.8 Å². The molecule has 2 aromatic rings. The van der Waals surface area contributed by atoms with Crippen LogP contribution in [0.25, 0.3) is 10.9 Å². The Morgan fingerprint density at radius 2 is 2.28 bits per heavy atom. The lowest BCUT2D eigenvalue weighted by Crippen LogP contribution is -2.28. The summed E-state index contributed by atoms with van der Waals surface area (Å²) in [6, 6.07) is 4.13. The number of aromatic amines is 1. The second-order valence-corrected chi connectivity index (χ2v) is 4.79. The molecule has 1 aliphatic rings. The van der Waals surface area contributed by atoms with Gasteiger partial charge in [-0.2, -0.15) is 0 Å². The van der Waals surface area contributed by atoms with Gasteiger partial charge in [-0.1, -0.05) is 0 Å². The number of carboxylic acid groups (broad SMARTS) is 1. The van der Waals surface area contributed by atoms with Crippen LogP contribution in [0.5, 0.6) is 0 Å². The van der Waals surface area contributed by atoms with Crippen LogP contribution in [-0.2, 0) is 11.2 Å². The molecule has 1 aromatic carbocycles. The van der Waals surface area contributed by atoms with E-state index < -0.39 is 11.9 Å². The molecule has 0 aliphatic heterocycles.